The summed E-state index contributed by atoms with van der Waals surface area (Å²) in [6, 6.07) is 7.93. The molecule has 0 bridgehead atoms. The highest BCUT2D eigenvalue weighted by Gasteiger charge is 2.38. The molecular weight excluding hydrogens is 379 g/mol. The third-order valence-electron chi connectivity index (χ3n) is 4.30. The molecule has 154 valence electrons. The lowest BCUT2D eigenvalue weighted by atomic mass is 10.1. The van der Waals surface area contributed by atoms with Gasteiger partial charge in [0, 0.05) is 39.0 Å². The second-order valence-electron chi connectivity index (χ2n) is 6.45. The topological polar surface area (TPSA) is 95.5 Å². The van der Waals surface area contributed by atoms with Gasteiger partial charge in [-0.25, -0.2) is 9.78 Å². The predicted molar refractivity (Wildman–Crippen MR) is 94.7 cm³/mol. The lowest BCUT2D eigenvalue weighted by Gasteiger charge is -2.16. The average Bonchev–Trinajstić information content (AvgIpc) is 3.26. The summed E-state index contributed by atoms with van der Waals surface area (Å²) in [5.41, 5.74) is 1.99. The standard InChI is InChI=1S/C16H21N3O2.C2HF3O2/c1-21-11-12-8-9-19(10-12)16(20)7-6-15-17-13-4-2-3-5-14(13)18-15;3-2(4,5)1(6)7/h2-5,12H,6-11H2,1H3,(H,17,18);(H,6,7). The number of benzene rings is 1. The van der Waals surface area contributed by atoms with Gasteiger partial charge < -0.3 is 19.7 Å². The quantitative estimate of drug-likeness (QED) is 0.803. The minimum atomic E-state index is -5.08. The maximum atomic E-state index is 12.2. The molecule has 2 aromatic rings. The van der Waals surface area contributed by atoms with Crippen LogP contribution in [0.2, 0.25) is 0 Å². The summed E-state index contributed by atoms with van der Waals surface area (Å²) >= 11 is 0. The van der Waals surface area contributed by atoms with E-state index in [1.807, 2.05) is 29.2 Å². The summed E-state index contributed by atoms with van der Waals surface area (Å²) in [7, 11) is 1.71. The van der Waals surface area contributed by atoms with Crippen LogP contribution in [0.1, 0.15) is 18.7 Å². The van der Waals surface area contributed by atoms with Crippen molar-refractivity contribution in [2.75, 3.05) is 26.8 Å². The zero-order valence-electron chi connectivity index (χ0n) is 15.3. The Kier molecular flexibility index (Phi) is 7.38. The molecule has 1 atom stereocenters. The Morgan fingerprint density at radius 2 is 2.04 bits per heavy atom. The van der Waals surface area contributed by atoms with E-state index in [1.165, 1.54) is 0 Å². The second kappa shape index (κ2) is 9.54. The fourth-order valence-electron chi connectivity index (χ4n) is 2.94. The minimum absolute atomic E-state index is 0.217. The molecular formula is C18H22F3N3O4. The highest BCUT2D eigenvalue weighted by atomic mass is 19.4. The number of carbonyl (C=O) groups excluding carboxylic acids is 1. The van der Waals surface area contributed by atoms with Gasteiger partial charge in [0.2, 0.25) is 5.91 Å². The van der Waals surface area contributed by atoms with Gasteiger partial charge in [-0.3, -0.25) is 4.79 Å². The van der Waals surface area contributed by atoms with E-state index in [2.05, 4.69) is 9.97 Å². The molecule has 1 aliphatic heterocycles. The van der Waals surface area contributed by atoms with Crippen LogP contribution >= 0.6 is 0 Å². The fraction of sp³-hybridized carbons (Fsp3) is 0.500. The van der Waals surface area contributed by atoms with E-state index in [9.17, 15) is 18.0 Å². The third kappa shape index (κ3) is 6.22. The molecule has 0 aliphatic carbocycles. The van der Waals surface area contributed by atoms with Gasteiger partial charge in [0.05, 0.1) is 17.6 Å². The SMILES string of the molecule is COCC1CCN(C(=O)CCc2nc3ccccc3[nH]2)C1.O=C(O)C(F)(F)F. The molecule has 1 fully saturated rings. The Hall–Kier alpha value is -2.62. The number of amides is 1. The number of nitrogens with zero attached hydrogens (tertiary/aromatic N) is 2. The first kappa shape index (κ1) is 21.7. The van der Waals surface area contributed by atoms with E-state index >= 15 is 0 Å². The molecule has 1 aliphatic rings. The number of H-pyrrole nitrogens is 1. The summed E-state index contributed by atoms with van der Waals surface area (Å²) < 4.78 is 36.9. The summed E-state index contributed by atoms with van der Waals surface area (Å²) in [6.07, 6.45) is -2.86. The highest BCUT2D eigenvalue weighted by molar-refractivity contribution is 5.77. The number of hydrogen-bond donors (Lipinski definition) is 2. The zero-order chi connectivity index (χ0) is 20.7. The fourth-order valence-corrected chi connectivity index (χ4v) is 2.94. The number of likely N-dealkylation sites (tertiary alicyclic amines) is 1. The summed E-state index contributed by atoms with van der Waals surface area (Å²) in [5.74, 6) is -1.16. The molecule has 10 heteroatoms. The number of para-hydroxylation sites is 2. The van der Waals surface area contributed by atoms with Crippen molar-refractivity contribution in [1.82, 2.24) is 14.9 Å². The number of aryl methyl sites for hydroxylation is 1. The largest absolute Gasteiger partial charge is 0.490 e. The van der Waals surface area contributed by atoms with Crippen LogP contribution in [0.3, 0.4) is 0 Å². The second-order valence-corrected chi connectivity index (χ2v) is 6.45. The van der Waals surface area contributed by atoms with Gasteiger partial charge in [-0.2, -0.15) is 13.2 Å². The number of hydrogen-bond acceptors (Lipinski definition) is 4. The molecule has 3 rings (SSSR count). The van der Waals surface area contributed by atoms with Crippen molar-refractivity contribution >= 4 is 22.9 Å². The molecule has 1 saturated heterocycles. The number of alkyl halides is 3. The van der Waals surface area contributed by atoms with Gasteiger partial charge in [0.15, 0.2) is 0 Å². The molecule has 1 aromatic heterocycles. The lowest BCUT2D eigenvalue weighted by molar-refractivity contribution is -0.192. The van der Waals surface area contributed by atoms with Crippen molar-refractivity contribution in [2.45, 2.75) is 25.4 Å². The van der Waals surface area contributed by atoms with Gasteiger partial charge in [0.1, 0.15) is 5.82 Å². The van der Waals surface area contributed by atoms with E-state index < -0.39 is 12.1 Å². The van der Waals surface area contributed by atoms with E-state index in [0.717, 1.165) is 43.0 Å². The van der Waals surface area contributed by atoms with E-state index in [4.69, 9.17) is 14.6 Å². The minimum Gasteiger partial charge on any atom is -0.475 e. The summed E-state index contributed by atoms with van der Waals surface area (Å²) in [5, 5.41) is 7.12. The van der Waals surface area contributed by atoms with Gasteiger partial charge in [-0.1, -0.05) is 12.1 Å². The van der Waals surface area contributed by atoms with Gasteiger partial charge >= 0.3 is 12.1 Å². The van der Waals surface area contributed by atoms with Crippen molar-refractivity contribution in [2.24, 2.45) is 5.92 Å². The van der Waals surface area contributed by atoms with Crippen molar-refractivity contribution in [1.29, 1.82) is 0 Å². The van der Waals surface area contributed by atoms with Crippen LogP contribution in [0.25, 0.3) is 11.0 Å². The van der Waals surface area contributed by atoms with E-state index in [0.29, 0.717) is 18.8 Å². The number of aromatic nitrogens is 2. The molecule has 0 spiro atoms. The average molecular weight is 401 g/mol. The van der Waals surface area contributed by atoms with Crippen LogP contribution in [0, 0.1) is 5.92 Å². The smallest absolute Gasteiger partial charge is 0.475 e. The van der Waals surface area contributed by atoms with Crippen LogP contribution < -0.4 is 0 Å². The number of rotatable bonds is 5. The van der Waals surface area contributed by atoms with Gasteiger partial charge in [-0.15, -0.1) is 0 Å². The Bertz CT molecular complexity index is 774. The van der Waals surface area contributed by atoms with Crippen molar-refractivity contribution in [3.8, 4) is 0 Å². The first-order valence-electron chi connectivity index (χ1n) is 8.71. The Labute approximate surface area is 159 Å². The maximum Gasteiger partial charge on any atom is 0.490 e. The van der Waals surface area contributed by atoms with Crippen LogP contribution in [0.4, 0.5) is 13.2 Å². The Morgan fingerprint density at radius 1 is 1.36 bits per heavy atom. The first-order chi connectivity index (χ1) is 13.2. The number of halogens is 3. The molecule has 1 unspecified atom stereocenters. The molecule has 0 radical (unpaired) electrons. The zero-order valence-corrected chi connectivity index (χ0v) is 15.3. The number of aromatic amines is 1. The van der Waals surface area contributed by atoms with Crippen LogP contribution in [-0.4, -0.2) is 64.8 Å². The predicted octanol–water partition coefficient (Wildman–Crippen LogP) is 2.62. The molecule has 2 N–H and O–H groups in total. The monoisotopic (exact) mass is 401 g/mol. The third-order valence-corrected chi connectivity index (χ3v) is 4.30. The van der Waals surface area contributed by atoms with Crippen LogP contribution in [0.15, 0.2) is 24.3 Å². The highest BCUT2D eigenvalue weighted by Crippen LogP contribution is 2.18. The molecule has 0 saturated carbocycles. The number of nitrogens with one attached hydrogen (secondary N) is 1. The molecule has 1 aromatic carbocycles. The number of fused-ring (bicyclic) bond motifs is 1. The number of imidazole rings is 1. The summed E-state index contributed by atoms with van der Waals surface area (Å²) in [4.78, 5) is 30.9. The molecule has 7 nitrogen and oxygen atoms in total. The van der Waals surface area contributed by atoms with Crippen molar-refractivity contribution in [3.05, 3.63) is 30.1 Å². The molecule has 1 amide bonds. The van der Waals surface area contributed by atoms with E-state index in [-0.39, 0.29) is 5.91 Å². The molecule has 28 heavy (non-hydrogen) atoms. The number of carbonyl (C=O) groups is 2. The van der Waals surface area contributed by atoms with Crippen molar-refractivity contribution < 1.29 is 32.6 Å². The number of aliphatic carboxylic acids is 1. The van der Waals surface area contributed by atoms with Gasteiger partial charge in [0.25, 0.3) is 0 Å². The van der Waals surface area contributed by atoms with E-state index in [1.54, 1.807) is 7.11 Å². The normalized spacial score (nSPS) is 16.7. The van der Waals surface area contributed by atoms with Crippen LogP contribution in [0.5, 0.6) is 0 Å². The molecule has 2 heterocycles. The van der Waals surface area contributed by atoms with Crippen molar-refractivity contribution in [3.63, 3.8) is 0 Å². The first-order valence-corrected chi connectivity index (χ1v) is 8.71. The summed E-state index contributed by atoms with van der Waals surface area (Å²) in [6.45, 7) is 2.42. The Balaban J connectivity index is 0.000000345. The number of carboxylic acid groups (broad SMARTS) is 1. The lowest BCUT2D eigenvalue weighted by Crippen LogP contribution is -2.29. The van der Waals surface area contributed by atoms with Gasteiger partial charge in [-0.05, 0) is 18.6 Å². The maximum absolute atomic E-state index is 12.2. The number of ether oxygens (including phenoxy) is 1. The number of carboxylic acids is 1. The Morgan fingerprint density at radius 3 is 2.64 bits per heavy atom. The number of methoxy groups -OCH3 is 1. The van der Waals surface area contributed by atoms with Crippen LogP contribution in [-0.2, 0) is 20.7 Å².